The van der Waals surface area contributed by atoms with Crippen molar-refractivity contribution in [2.75, 3.05) is 6.61 Å². The van der Waals surface area contributed by atoms with Gasteiger partial charge in [0, 0.05) is 11.6 Å². The maximum Gasteiger partial charge on any atom is 0.124 e. The molecule has 0 aliphatic heterocycles. The molecule has 0 spiro atoms. The van der Waals surface area contributed by atoms with Crippen LogP contribution >= 0.6 is 0 Å². The van der Waals surface area contributed by atoms with Crippen molar-refractivity contribution in [2.24, 2.45) is 5.73 Å². The molecule has 1 rings (SSSR count). The van der Waals surface area contributed by atoms with Gasteiger partial charge in [-0.25, -0.2) is 4.39 Å². The smallest absolute Gasteiger partial charge is 0.124 e. The molecule has 1 aromatic carbocycles. The minimum Gasteiger partial charge on any atom is -0.493 e. The number of nitrogens with two attached hydrogens (primary N) is 1. The van der Waals surface area contributed by atoms with Gasteiger partial charge in [-0.2, -0.15) is 0 Å². The zero-order valence-corrected chi connectivity index (χ0v) is 9.29. The summed E-state index contributed by atoms with van der Waals surface area (Å²) in [6.45, 7) is 4.64. The van der Waals surface area contributed by atoms with Gasteiger partial charge >= 0.3 is 0 Å². The lowest BCUT2D eigenvalue weighted by Crippen LogP contribution is -2.11. The van der Waals surface area contributed by atoms with E-state index in [1.165, 1.54) is 12.1 Å². The molecule has 84 valence electrons. The molecule has 0 radical (unpaired) electrons. The Hall–Kier alpha value is -1.09. The third-order valence-electron chi connectivity index (χ3n) is 2.27. The standard InChI is InChI=1S/C12H18FNO/c1-3-7-15-12-6-5-9(13)8-10(12)11(14)4-2/h5-6,8,11H,3-4,7,14H2,1-2H3. The van der Waals surface area contributed by atoms with Crippen LogP contribution in [0.15, 0.2) is 18.2 Å². The maximum absolute atomic E-state index is 13.1. The lowest BCUT2D eigenvalue weighted by atomic mass is 10.0. The van der Waals surface area contributed by atoms with Crippen LogP contribution in [0.1, 0.15) is 38.3 Å². The Morgan fingerprint density at radius 2 is 2.13 bits per heavy atom. The summed E-state index contributed by atoms with van der Waals surface area (Å²) in [4.78, 5) is 0. The highest BCUT2D eigenvalue weighted by Crippen LogP contribution is 2.26. The van der Waals surface area contributed by atoms with Crippen molar-refractivity contribution in [3.63, 3.8) is 0 Å². The van der Waals surface area contributed by atoms with Gasteiger partial charge in [-0.3, -0.25) is 0 Å². The molecule has 1 unspecified atom stereocenters. The van der Waals surface area contributed by atoms with Gasteiger partial charge in [0.15, 0.2) is 0 Å². The van der Waals surface area contributed by atoms with Crippen LogP contribution in [0, 0.1) is 5.82 Å². The molecule has 3 heteroatoms. The summed E-state index contributed by atoms with van der Waals surface area (Å²) in [5.41, 5.74) is 6.64. The molecule has 0 fully saturated rings. The SMILES string of the molecule is CCCOc1ccc(F)cc1C(N)CC. The molecular formula is C12H18FNO. The van der Waals surface area contributed by atoms with Crippen molar-refractivity contribution < 1.29 is 9.13 Å². The van der Waals surface area contributed by atoms with Crippen LogP contribution in [-0.2, 0) is 0 Å². The number of halogens is 1. The molecule has 2 N–H and O–H groups in total. The lowest BCUT2D eigenvalue weighted by Gasteiger charge is -2.15. The fraction of sp³-hybridized carbons (Fsp3) is 0.500. The average Bonchev–Trinajstić information content (AvgIpc) is 2.26. The van der Waals surface area contributed by atoms with E-state index in [1.54, 1.807) is 6.07 Å². The Morgan fingerprint density at radius 3 is 2.73 bits per heavy atom. The van der Waals surface area contributed by atoms with Crippen LogP contribution in [0.5, 0.6) is 5.75 Å². The largest absolute Gasteiger partial charge is 0.493 e. The summed E-state index contributed by atoms with van der Waals surface area (Å²) in [7, 11) is 0. The van der Waals surface area contributed by atoms with Crippen LogP contribution in [0.2, 0.25) is 0 Å². The molecule has 0 amide bonds. The van der Waals surface area contributed by atoms with Gasteiger partial charge in [-0.05, 0) is 31.0 Å². The third-order valence-corrected chi connectivity index (χ3v) is 2.27. The molecule has 0 aliphatic carbocycles. The van der Waals surface area contributed by atoms with E-state index in [2.05, 4.69) is 0 Å². The maximum atomic E-state index is 13.1. The minimum atomic E-state index is -0.266. The second-order valence-corrected chi connectivity index (χ2v) is 3.55. The van der Waals surface area contributed by atoms with Crippen molar-refractivity contribution in [1.82, 2.24) is 0 Å². The topological polar surface area (TPSA) is 35.2 Å². The van der Waals surface area contributed by atoms with E-state index in [4.69, 9.17) is 10.5 Å². The van der Waals surface area contributed by atoms with Crippen molar-refractivity contribution in [2.45, 2.75) is 32.7 Å². The molecule has 15 heavy (non-hydrogen) atoms. The summed E-state index contributed by atoms with van der Waals surface area (Å²) in [5.74, 6) is 0.436. The Bertz CT molecular complexity index is 314. The van der Waals surface area contributed by atoms with E-state index in [1.807, 2.05) is 13.8 Å². The van der Waals surface area contributed by atoms with Gasteiger partial charge in [-0.15, -0.1) is 0 Å². The molecule has 0 aromatic heterocycles. The van der Waals surface area contributed by atoms with E-state index in [0.717, 1.165) is 18.4 Å². The van der Waals surface area contributed by atoms with E-state index in [9.17, 15) is 4.39 Å². The van der Waals surface area contributed by atoms with E-state index >= 15 is 0 Å². The molecule has 0 heterocycles. The van der Waals surface area contributed by atoms with Gasteiger partial charge in [0.05, 0.1) is 6.61 Å². The van der Waals surface area contributed by atoms with Crippen molar-refractivity contribution in [1.29, 1.82) is 0 Å². The first kappa shape index (κ1) is 12.0. The number of hydrogen-bond donors (Lipinski definition) is 1. The fourth-order valence-electron chi connectivity index (χ4n) is 1.37. The summed E-state index contributed by atoms with van der Waals surface area (Å²) in [6.07, 6.45) is 1.70. The van der Waals surface area contributed by atoms with Crippen LogP contribution < -0.4 is 10.5 Å². The Balaban J connectivity index is 2.92. The Labute approximate surface area is 90.2 Å². The third kappa shape index (κ3) is 3.20. The molecule has 1 atom stereocenters. The van der Waals surface area contributed by atoms with E-state index < -0.39 is 0 Å². The summed E-state index contributed by atoms with van der Waals surface area (Å²) < 4.78 is 18.6. The highest BCUT2D eigenvalue weighted by molar-refractivity contribution is 5.36. The fourth-order valence-corrected chi connectivity index (χ4v) is 1.37. The first-order valence-electron chi connectivity index (χ1n) is 5.36. The highest BCUT2D eigenvalue weighted by atomic mass is 19.1. The van der Waals surface area contributed by atoms with Crippen molar-refractivity contribution in [3.8, 4) is 5.75 Å². The van der Waals surface area contributed by atoms with Gasteiger partial charge in [-0.1, -0.05) is 13.8 Å². The normalized spacial score (nSPS) is 12.5. The van der Waals surface area contributed by atoms with Crippen molar-refractivity contribution >= 4 is 0 Å². The lowest BCUT2D eigenvalue weighted by molar-refractivity contribution is 0.311. The minimum absolute atomic E-state index is 0.160. The Kier molecular flexibility index (Phi) is 4.56. The van der Waals surface area contributed by atoms with Gasteiger partial charge < -0.3 is 10.5 Å². The van der Waals surface area contributed by atoms with Crippen LogP contribution in [0.25, 0.3) is 0 Å². The van der Waals surface area contributed by atoms with Gasteiger partial charge in [0.25, 0.3) is 0 Å². The first-order chi connectivity index (χ1) is 7.19. The predicted octanol–water partition coefficient (Wildman–Crippen LogP) is 3.02. The monoisotopic (exact) mass is 211 g/mol. The number of hydrogen-bond acceptors (Lipinski definition) is 2. The molecule has 0 saturated carbocycles. The van der Waals surface area contributed by atoms with Crippen LogP contribution in [0.4, 0.5) is 4.39 Å². The second-order valence-electron chi connectivity index (χ2n) is 3.55. The molecule has 1 aromatic rings. The number of ether oxygens (including phenoxy) is 1. The van der Waals surface area contributed by atoms with Gasteiger partial charge in [0.1, 0.15) is 11.6 Å². The molecular weight excluding hydrogens is 193 g/mol. The molecule has 0 aliphatic rings. The summed E-state index contributed by atoms with van der Waals surface area (Å²) >= 11 is 0. The molecule has 0 saturated heterocycles. The Morgan fingerprint density at radius 1 is 1.40 bits per heavy atom. The predicted molar refractivity (Wildman–Crippen MR) is 59.4 cm³/mol. The average molecular weight is 211 g/mol. The number of rotatable bonds is 5. The quantitative estimate of drug-likeness (QED) is 0.812. The zero-order chi connectivity index (χ0) is 11.3. The van der Waals surface area contributed by atoms with Gasteiger partial charge in [0.2, 0.25) is 0 Å². The van der Waals surface area contributed by atoms with Crippen LogP contribution in [-0.4, -0.2) is 6.61 Å². The summed E-state index contributed by atoms with van der Waals surface area (Å²) in [5, 5.41) is 0. The highest BCUT2D eigenvalue weighted by Gasteiger charge is 2.11. The molecule has 0 bridgehead atoms. The second kappa shape index (κ2) is 5.71. The van der Waals surface area contributed by atoms with E-state index in [-0.39, 0.29) is 11.9 Å². The number of benzene rings is 1. The first-order valence-corrected chi connectivity index (χ1v) is 5.36. The van der Waals surface area contributed by atoms with E-state index in [0.29, 0.717) is 12.4 Å². The van der Waals surface area contributed by atoms with Crippen molar-refractivity contribution in [3.05, 3.63) is 29.6 Å². The zero-order valence-electron chi connectivity index (χ0n) is 9.29. The molecule has 2 nitrogen and oxygen atoms in total. The van der Waals surface area contributed by atoms with Crippen LogP contribution in [0.3, 0.4) is 0 Å². The summed E-state index contributed by atoms with van der Waals surface area (Å²) in [6, 6.07) is 4.35.